The second kappa shape index (κ2) is 2.94. The molecule has 3 aliphatic heterocycles. The van der Waals surface area contributed by atoms with Crippen molar-refractivity contribution in [3.8, 4) is 0 Å². The summed E-state index contributed by atoms with van der Waals surface area (Å²) >= 11 is 0. The van der Waals surface area contributed by atoms with Gasteiger partial charge in [0.2, 0.25) is 0 Å². The molecule has 0 aromatic carbocycles. The van der Waals surface area contributed by atoms with Gasteiger partial charge in [0.15, 0.2) is 0 Å². The Hall–Kier alpha value is -0.770. The van der Waals surface area contributed by atoms with Crippen LogP contribution in [0.15, 0.2) is 0 Å². The monoisotopic (exact) mass is 170 g/mol. The second-order valence-electron chi connectivity index (χ2n) is 3.74. The van der Waals surface area contributed by atoms with E-state index in [9.17, 15) is 4.79 Å². The first-order valence-corrected chi connectivity index (χ1v) is 4.47. The van der Waals surface area contributed by atoms with Crippen molar-refractivity contribution in [3.63, 3.8) is 0 Å². The zero-order chi connectivity index (χ0) is 8.55. The predicted molar refractivity (Wildman–Crippen MR) is 44.1 cm³/mol. The number of nitrogens with zero attached hydrogens (tertiary/aromatic N) is 1. The molecule has 4 nitrogen and oxygen atoms in total. The Labute approximate surface area is 71.5 Å². The van der Waals surface area contributed by atoms with Gasteiger partial charge in [-0.05, 0) is 25.3 Å². The lowest BCUT2D eigenvalue weighted by molar-refractivity contribution is 0.143. The summed E-state index contributed by atoms with van der Waals surface area (Å²) in [5, 5.41) is 12.2. The zero-order valence-electron chi connectivity index (χ0n) is 6.99. The van der Waals surface area contributed by atoms with Crippen molar-refractivity contribution in [1.29, 1.82) is 0 Å². The first-order valence-electron chi connectivity index (χ1n) is 4.47. The number of hydrogen-bond acceptors (Lipinski definition) is 2. The molecule has 3 fully saturated rings. The Morgan fingerprint density at radius 2 is 2.25 bits per heavy atom. The van der Waals surface area contributed by atoms with Gasteiger partial charge in [0.1, 0.15) is 0 Å². The van der Waals surface area contributed by atoms with E-state index in [0.29, 0.717) is 18.5 Å². The summed E-state index contributed by atoms with van der Waals surface area (Å²) in [6.07, 6.45) is 1.55. The van der Waals surface area contributed by atoms with Gasteiger partial charge in [-0.3, -0.25) is 0 Å². The zero-order valence-corrected chi connectivity index (χ0v) is 6.99. The van der Waals surface area contributed by atoms with Crippen LogP contribution in [0, 0.1) is 5.92 Å². The molecule has 0 radical (unpaired) electrons. The number of hydrogen-bond donors (Lipinski definition) is 2. The number of fused-ring (bicyclic) bond motifs is 4. The molecule has 0 aromatic rings. The van der Waals surface area contributed by atoms with E-state index < -0.39 is 6.09 Å². The third-order valence-electron chi connectivity index (χ3n) is 2.81. The van der Waals surface area contributed by atoms with Crippen LogP contribution in [0.1, 0.15) is 12.8 Å². The molecule has 3 rings (SSSR count). The van der Waals surface area contributed by atoms with Crippen molar-refractivity contribution >= 4 is 6.09 Å². The minimum absolute atomic E-state index is 0.403. The Balaban J connectivity index is 2.06. The maximum atomic E-state index is 10.7. The fraction of sp³-hybridized carbons (Fsp3) is 0.875. The maximum Gasteiger partial charge on any atom is 0.407 e. The largest absolute Gasteiger partial charge is 0.465 e. The van der Waals surface area contributed by atoms with Crippen molar-refractivity contribution in [2.24, 2.45) is 5.92 Å². The standard InChI is InChI=1S/C8H14N2O2/c11-8(12)10-4-6-1-2-7(5-10)9-3-6/h6-7,9H,1-5H2,(H,11,12)/t6-,7-/m0/s1. The first kappa shape index (κ1) is 7.86. The lowest BCUT2D eigenvalue weighted by atomic mass is 9.97. The highest BCUT2D eigenvalue weighted by Gasteiger charge is 2.30. The van der Waals surface area contributed by atoms with Gasteiger partial charge in [-0.2, -0.15) is 0 Å². The lowest BCUT2D eigenvalue weighted by Gasteiger charge is -2.22. The van der Waals surface area contributed by atoms with Crippen molar-refractivity contribution in [2.75, 3.05) is 19.6 Å². The summed E-state index contributed by atoms with van der Waals surface area (Å²) in [6, 6.07) is 0.403. The highest BCUT2D eigenvalue weighted by Crippen LogP contribution is 2.21. The molecule has 4 heteroatoms. The summed E-state index contributed by atoms with van der Waals surface area (Å²) in [6.45, 7) is 2.39. The van der Waals surface area contributed by atoms with Crippen molar-refractivity contribution < 1.29 is 9.90 Å². The molecule has 0 aromatic heterocycles. The minimum atomic E-state index is -0.768. The highest BCUT2D eigenvalue weighted by molar-refractivity contribution is 5.65. The van der Waals surface area contributed by atoms with Gasteiger partial charge in [0.05, 0.1) is 0 Å². The SMILES string of the molecule is O=C(O)N1C[C@H]2CC[C@@H](C1)NC2. The molecule has 0 spiro atoms. The number of piperidine rings is 1. The number of amides is 1. The quantitative estimate of drug-likeness (QED) is 0.551. The van der Waals surface area contributed by atoms with Crippen LogP contribution in [-0.2, 0) is 0 Å². The van der Waals surface area contributed by atoms with Gasteiger partial charge in [0.25, 0.3) is 0 Å². The van der Waals surface area contributed by atoms with Crippen LogP contribution in [0.4, 0.5) is 4.79 Å². The van der Waals surface area contributed by atoms with Crippen molar-refractivity contribution in [2.45, 2.75) is 18.9 Å². The molecule has 2 bridgehead atoms. The van der Waals surface area contributed by atoms with Crippen LogP contribution < -0.4 is 5.32 Å². The van der Waals surface area contributed by atoms with Crippen molar-refractivity contribution in [1.82, 2.24) is 10.2 Å². The summed E-state index contributed by atoms with van der Waals surface area (Å²) in [5.74, 6) is 0.542. The molecule has 0 aliphatic carbocycles. The number of rotatable bonds is 0. The highest BCUT2D eigenvalue weighted by atomic mass is 16.4. The molecule has 3 heterocycles. The summed E-state index contributed by atoms with van der Waals surface area (Å²) in [5.41, 5.74) is 0. The van der Waals surface area contributed by atoms with Gasteiger partial charge >= 0.3 is 6.09 Å². The Morgan fingerprint density at radius 1 is 1.42 bits per heavy atom. The van der Waals surface area contributed by atoms with Gasteiger partial charge in [-0.1, -0.05) is 0 Å². The minimum Gasteiger partial charge on any atom is -0.465 e. The number of carbonyl (C=O) groups is 1. The average molecular weight is 170 g/mol. The van der Waals surface area contributed by atoms with Gasteiger partial charge < -0.3 is 15.3 Å². The molecule has 2 atom stereocenters. The van der Waals surface area contributed by atoms with Crippen LogP contribution in [0.5, 0.6) is 0 Å². The summed E-state index contributed by atoms with van der Waals surface area (Å²) in [7, 11) is 0. The Morgan fingerprint density at radius 3 is 2.83 bits per heavy atom. The molecule has 68 valence electrons. The molecule has 0 saturated carbocycles. The van der Waals surface area contributed by atoms with Crippen molar-refractivity contribution in [3.05, 3.63) is 0 Å². The van der Waals surface area contributed by atoms with Crippen LogP contribution in [0.25, 0.3) is 0 Å². The fourth-order valence-electron chi connectivity index (χ4n) is 2.09. The molecular formula is C8H14N2O2. The molecule has 1 amide bonds. The third-order valence-corrected chi connectivity index (χ3v) is 2.81. The third kappa shape index (κ3) is 1.39. The van der Waals surface area contributed by atoms with E-state index in [1.165, 1.54) is 6.42 Å². The Kier molecular flexibility index (Phi) is 1.92. The molecule has 12 heavy (non-hydrogen) atoms. The molecule has 3 saturated heterocycles. The smallest absolute Gasteiger partial charge is 0.407 e. The Bertz CT molecular complexity index is 173. The normalized spacial score (nSPS) is 34.8. The number of nitrogens with one attached hydrogen (secondary N) is 1. The van der Waals surface area contributed by atoms with E-state index in [4.69, 9.17) is 5.11 Å². The molecular weight excluding hydrogens is 156 g/mol. The topological polar surface area (TPSA) is 52.6 Å². The van der Waals surface area contributed by atoms with Crippen LogP contribution in [0.2, 0.25) is 0 Å². The van der Waals surface area contributed by atoms with Crippen LogP contribution >= 0.6 is 0 Å². The van der Waals surface area contributed by atoms with E-state index in [-0.39, 0.29) is 0 Å². The lowest BCUT2D eigenvalue weighted by Crippen LogP contribution is -2.40. The van der Waals surface area contributed by atoms with Crippen LogP contribution in [0.3, 0.4) is 0 Å². The molecule has 2 N–H and O–H groups in total. The van der Waals surface area contributed by atoms with E-state index >= 15 is 0 Å². The fourth-order valence-corrected chi connectivity index (χ4v) is 2.09. The second-order valence-corrected chi connectivity index (χ2v) is 3.74. The summed E-state index contributed by atoms with van der Waals surface area (Å²) in [4.78, 5) is 12.3. The predicted octanol–water partition coefficient (Wildman–Crippen LogP) is 0.348. The van der Waals surface area contributed by atoms with Gasteiger partial charge in [0, 0.05) is 19.1 Å². The maximum absolute atomic E-state index is 10.7. The first-order chi connectivity index (χ1) is 5.75. The van der Waals surface area contributed by atoms with E-state index in [0.717, 1.165) is 19.5 Å². The summed E-state index contributed by atoms with van der Waals surface area (Å²) < 4.78 is 0. The number of carboxylic acid groups (broad SMARTS) is 1. The van der Waals surface area contributed by atoms with E-state index in [2.05, 4.69) is 5.32 Å². The molecule has 0 unspecified atom stereocenters. The molecule has 3 aliphatic rings. The van der Waals surface area contributed by atoms with E-state index in [1.54, 1.807) is 4.90 Å². The van der Waals surface area contributed by atoms with Gasteiger partial charge in [-0.15, -0.1) is 0 Å². The average Bonchev–Trinajstić information content (AvgIpc) is 2.36. The van der Waals surface area contributed by atoms with Gasteiger partial charge in [-0.25, -0.2) is 4.79 Å². The van der Waals surface area contributed by atoms with E-state index in [1.807, 2.05) is 0 Å². The van der Waals surface area contributed by atoms with Crippen LogP contribution in [-0.4, -0.2) is 41.8 Å².